The Bertz CT molecular complexity index is 763. The molecule has 2 fully saturated rings. The Morgan fingerprint density at radius 3 is 2.52 bits per heavy atom. The molecule has 1 aromatic heterocycles. The van der Waals surface area contributed by atoms with Crippen molar-refractivity contribution in [2.24, 2.45) is 0 Å². The number of carbonyl (C=O) groups is 1. The van der Waals surface area contributed by atoms with E-state index in [-0.39, 0.29) is 5.91 Å². The summed E-state index contributed by atoms with van der Waals surface area (Å²) in [5.74, 6) is -0.845. The van der Waals surface area contributed by atoms with Crippen molar-refractivity contribution < 1.29 is 13.6 Å². The molecule has 4 rings (SSSR count). The third-order valence-electron chi connectivity index (χ3n) is 5.81. The van der Waals surface area contributed by atoms with Gasteiger partial charge in [0.05, 0.1) is 5.41 Å². The van der Waals surface area contributed by atoms with Gasteiger partial charge in [0.1, 0.15) is 11.6 Å². The molecule has 132 valence electrons. The van der Waals surface area contributed by atoms with Crippen molar-refractivity contribution in [1.29, 1.82) is 0 Å². The molecule has 0 atom stereocenters. The highest BCUT2D eigenvalue weighted by Gasteiger charge is 2.49. The number of hydrogen-bond donors (Lipinski definition) is 1. The molecule has 2 aromatic rings. The molecule has 1 amide bonds. The van der Waals surface area contributed by atoms with Crippen LogP contribution >= 0.6 is 0 Å². The Balaban J connectivity index is 1.51. The highest BCUT2D eigenvalue weighted by Crippen LogP contribution is 2.46. The Labute approximate surface area is 145 Å². The van der Waals surface area contributed by atoms with Crippen molar-refractivity contribution in [3.63, 3.8) is 0 Å². The summed E-state index contributed by atoms with van der Waals surface area (Å²) in [7, 11) is 0. The number of hydrogen-bond acceptors (Lipinski definition) is 2. The Hall–Kier alpha value is -2.24. The van der Waals surface area contributed by atoms with Gasteiger partial charge in [0.25, 0.3) is 0 Å². The van der Waals surface area contributed by atoms with E-state index in [0.29, 0.717) is 37.4 Å². The van der Waals surface area contributed by atoms with Crippen LogP contribution in [0.2, 0.25) is 0 Å². The summed E-state index contributed by atoms with van der Waals surface area (Å²) in [4.78, 5) is 15.0. The van der Waals surface area contributed by atoms with Gasteiger partial charge < -0.3 is 4.90 Å². The number of likely N-dealkylation sites (tertiary alicyclic amines) is 1. The van der Waals surface area contributed by atoms with Crippen LogP contribution in [0.15, 0.2) is 30.5 Å². The molecule has 1 saturated carbocycles. The van der Waals surface area contributed by atoms with Gasteiger partial charge in [-0.3, -0.25) is 9.89 Å². The number of amides is 1. The summed E-state index contributed by atoms with van der Waals surface area (Å²) in [6.07, 6.45) is 5.65. The first-order valence-electron chi connectivity index (χ1n) is 8.84. The quantitative estimate of drug-likeness (QED) is 0.925. The molecule has 1 saturated heterocycles. The summed E-state index contributed by atoms with van der Waals surface area (Å²) in [5.41, 5.74) is 0.648. The van der Waals surface area contributed by atoms with Crippen molar-refractivity contribution in [2.45, 2.75) is 43.4 Å². The Kier molecular flexibility index (Phi) is 4.06. The van der Waals surface area contributed by atoms with Crippen LogP contribution in [0.5, 0.6) is 0 Å². The number of H-pyrrole nitrogens is 1. The second-order valence-corrected chi connectivity index (χ2v) is 7.14. The van der Waals surface area contributed by atoms with Gasteiger partial charge in [-0.15, -0.1) is 0 Å². The van der Waals surface area contributed by atoms with Gasteiger partial charge in [-0.2, -0.15) is 5.10 Å². The molecular weight excluding hydrogens is 324 g/mol. The summed E-state index contributed by atoms with van der Waals surface area (Å²) in [6, 6.07) is 5.55. The number of rotatable bonds is 3. The highest BCUT2D eigenvalue weighted by atomic mass is 19.1. The molecule has 2 heterocycles. The number of halogens is 2. The van der Waals surface area contributed by atoms with Crippen molar-refractivity contribution in [2.75, 3.05) is 13.1 Å². The number of carbonyl (C=O) groups excluding carboxylic acids is 1. The molecule has 6 heteroatoms. The van der Waals surface area contributed by atoms with Crippen LogP contribution in [0.3, 0.4) is 0 Å². The first-order valence-corrected chi connectivity index (χ1v) is 8.84. The van der Waals surface area contributed by atoms with Gasteiger partial charge in [-0.25, -0.2) is 8.78 Å². The number of benzene rings is 1. The maximum absolute atomic E-state index is 14.3. The summed E-state index contributed by atoms with van der Waals surface area (Å²) in [6.45, 7) is 1.32. The fourth-order valence-corrected chi connectivity index (χ4v) is 4.20. The molecule has 0 radical (unpaired) electrons. The molecule has 0 bridgehead atoms. The molecule has 0 unspecified atom stereocenters. The van der Waals surface area contributed by atoms with E-state index in [1.54, 1.807) is 6.20 Å². The predicted octanol–water partition coefficient (Wildman–Crippen LogP) is 3.52. The van der Waals surface area contributed by atoms with Crippen LogP contribution in [0.25, 0.3) is 0 Å². The molecule has 25 heavy (non-hydrogen) atoms. The maximum atomic E-state index is 14.3. The van der Waals surface area contributed by atoms with E-state index in [9.17, 15) is 13.6 Å². The van der Waals surface area contributed by atoms with E-state index in [1.807, 2.05) is 11.0 Å². The van der Waals surface area contributed by atoms with Gasteiger partial charge in [-0.1, -0.05) is 12.5 Å². The number of aromatic amines is 1. The lowest BCUT2D eigenvalue weighted by atomic mass is 9.63. The molecule has 1 aromatic carbocycles. The monoisotopic (exact) mass is 345 g/mol. The lowest BCUT2D eigenvalue weighted by molar-refractivity contribution is -0.142. The van der Waals surface area contributed by atoms with Gasteiger partial charge in [0, 0.05) is 42.5 Å². The number of piperidine rings is 1. The third kappa shape index (κ3) is 2.73. The Morgan fingerprint density at radius 2 is 1.96 bits per heavy atom. The average molecular weight is 345 g/mol. The predicted molar refractivity (Wildman–Crippen MR) is 89.0 cm³/mol. The lowest BCUT2D eigenvalue weighted by Gasteiger charge is -2.45. The first-order chi connectivity index (χ1) is 12.1. The highest BCUT2D eigenvalue weighted by molar-refractivity contribution is 5.89. The second-order valence-electron chi connectivity index (χ2n) is 7.14. The fraction of sp³-hybridized carbons (Fsp3) is 0.474. The summed E-state index contributed by atoms with van der Waals surface area (Å²) < 4.78 is 27.6. The largest absolute Gasteiger partial charge is 0.342 e. The van der Waals surface area contributed by atoms with E-state index in [0.717, 1.165) is 31.0 Å². The number of aromatic nitrogens is 2. The van der Waals surface area contributed by atoms with Crippen LogP contribution in [0.1, 0.15) is 49.3 Å². The van der Waals surface area contributed by atoms with Crippen LogP contribution in [-0.2, 0) is 10.2 Å². The van der Waals surface area contributed by atoms with E-state index in [1.165, 1.54) is 12.1 Å². The normalized spacial score (nSPS) is 20.3. The van der Waals surface area contributed by atoms with Crippen molar-refractivity contribution in [1.82, 2.24) is 15.1 Å². The molecule has 0 spiro atoms. The average Bonchev–Trinajstić information content (AvgIpc) is 3.10. The van der Waals surface area contributed by atoms with E-state index in [4.69, 9.17) is 0 Å². The molecule has 1 aliphatic carbocycles. The summed E-state index contributed by atoms with van der Waals surface area (Å²) in [5, 5.41) is 7.00. The van der Waals surface area contributed by atoms with Crippen LogP contribution in [-0.4, -0.2) is 34.1 Å². The zero-order valence-electron chi connectivity index (χ0n) is 14.0. The van der Waals surface area contributed by atoms with Gasteiger partial charge in [-0.05, 0) is 37.8 Å². The third-order valence-corrected chi connectivity index (χ3v) is 5.81. The molecular formula is C19H21F2N3O. The molecule has 4 nitrogen and oxygen atoms in total. The minimum absolute atomic E-state index is 0.00711. The van der Waals surface area contributed by atoms with Crippen LogP contribution in [0.4, 0.5) is 8.78 Å². The zero-order valence-corrected chi connectivity index (χ0v) is 14.0. The van der Waals surface area contributed by atoms with Gasteiger partial charge in [0.2, 0.25) is 5.91 Å². The zero-order chi connectivity index (χ0) is 17.4. The number of nitrogens with zero attached hydrogens (tertiary/aromatic N) is 2. The van der Waals surface area contributed by atoms with E-state index < -0.39 is 17.0 Å². The van der Waals surface area contributed by atoms with Crippen LogP contribution < -0.4 is 0 Å². The summed E-state index contributed by atoms with van der Waals surface area (Å²) >= 11 is 0. The number of nitrogens with one attached hydrogen (secondary N) is 1. The minimum atomic E-state index is -0.807. The topological polar surface area (TPSA) is 49.0 Å². The van der Waals surface area contributed by atoms with Gasteiger partial charge >= 0.3 is 0 Å². The van der Waals surface area contributed by atoms with E-state index in [2.05, 4.69) is 10.2 Å². The molecule has 2 aliphatic rings. The standard InChI is InChI=1S/C19H21F2N3O/c20-14-2-3-15(16(21)12-14)19(7-1-8-19)18(25)24-10-5-13(6-11-24)17-4-9-22-23-17/h2-4,9,12-13H,1,5-8,10-11H2,(H,22,23). The second kappa shape index (κ2) is 6.24. The molecule has 1 N–H and O–H groups in total. The van der Waals surface area contributed by atoms with Crippen molar-refractivity contribution in [3.05, 3.63) is 53.4 Å². The SMILES string of the molecule is O=C(N1CCC(c2ccn[nH]2)CC1)C1(c2ccc(F)cc2F)CCC1. The van der Waals surface area contributed by atoms with Gasteiger partial charge in [0.15, 0.2) is 0 Å². The minimum Gasteiger partial charge on any atom is -0.342 e. The maximum Gasteiger partial charge on any atom is 0.233 e. The first kappa shape index (κ1) is 16.2. The fourth-order valence-electron chi connectivity index (χ4n) is 4.20. The lowest BCUT2D eigenvalue weighted by Crippen LogP contribution is -2.53. The van der Waals surface area contributed by atoms with Crippen molar-refractivity contribution in [3.8, 4) is 0 Å². The van der Waals surface area contributed by atoms with Crippen LogP contribution in [0, 0.1) is 11.6 Å². The van der Waals surface area contributed by atoms with E-state index >= 15 is 0 Å². The Morgan fingerprint density at radius 1 is 1.20 bits per heavy atom. The van der Waals surface area contributed by atoms with Crippen molar-refractivity contribution >= 4 is 5.91 Å². The smallest absolute Gasteiger partial charge is 0.233 e. The molecule has 1 aliphatic heterocycles.